The van der Waals surface area contributed by atoms with Gasteiger partial charge in [-0.05, 0) is 18.9 Å². The fraction of sp³-hybridized carbons (Fsp3) is 0.500. The lowest BCUT2D eigenvalue weighted by atomic mass is 10.2. The van der Waals surface area contributed by atoms with E-state index in [2.05, 4.69) is 41.0 Å². The Labute approximate surface area is 95.7 Å². The average Bonchev–Trinajstić information content (AvgIpc) is 2.59. The zero-order valence-corrected chi connectivity index (χ0v) is 10.3. The topological polar surface area (TPSA) is 44.8 Å². The molecular formula is C12H18N4. The first kappa shape index (κ1) is 10.9. The van der Waals surface area contributed by atoms with Crippen molar-refractivity contribution in [3.63, 3.8) is 0 Å². The van der Waals surface area contributed by atoms with Gasteiger partial charge < -0.3 is 4.90 Å². The number of hydrogen-bond acceptors (Lipinski definition) is 3. The molecule has 0 bridgehead atoms. The summed E-state index contributed by atoms with van der Waals surface area (Å²) in [6, 6.07) is 1.94. The number of nitrogens with one attached hydrogen (secondary N) is 1. The maximum Gasteiger partial charge on any atom is 0.139 e. The van der Waals surface area contributed by atoms with Gasteiger partial charge in [0.25, 0.3) is 0 Å². The van der Waals surface area contributed by atoms with Crippen molar-refractivity contribution in [1.82, 2.24) is 15.2 Å². The third kappa shape index (κ3) is 1.87. The fourth-order valence-electron chi connectivity index (χ4n) is 2.02. The molecule has 2 aromatic rings. The lowest BCUT2D eigenvalue weighted by Gasteiger charge is -2.21. The fourth-order valence-corrected chi connectivity index (χ4v) is 2.02. The Morgan fingerprint density at radius 3 is 2.88 bits per heavy atom. The van der Waals surface area contributed by atoms with Gasteiger partial charge in [0.05, 0.1) is 10.9 Å². The summed E-state index contributed by atoms with van der Waals surface area (Å²) in [5.74, 6) is 1.63. The van der Waals surface area contributed by atoms with Crippen LogP contribution in [0.1, 0.15) is 19.5 Å². The summed E-state index contributed by atoms with van der Waals surface area (Å²) in [6.45, 7) is 7.44. The molecule has 0 radical (unpaired) electrons. The van der Waals surface area contributed by atoms with E-state index in [0.29, 0.717) is 5.92 Å². The van der Waals surface area contributed by atoms with E-state index in [1.54, 1.807) is 0 Å². The van der Waals surface area contributed by atoms with Gasteiger partial charge in [0.1, 0.15) is 5.82 Å². The van der Waals surface area contributed by atoms with Gasteiger partial charge in [-0.15, -0.1) is 0 Å². The van der Waals surface area contributed by atoms with Crippen molar-refractivity contribution in [2.24, 2.45) is 5.92 Å². The highest BCUT2D eigenvalue weighted by Gasteiger charge is 2.12. The third-order valence-electron chi connectivity index (χ3n) is 2.63. The molecule has 0 aliphatic rings. The molecule has 0 amide bonds. The molecule has 0 fully saturated rings. The zero-order chi connectivity index (χ0) is 11.7. The molecule has 0 saturated heterocycles. The maximum atomic E-state index is 4.46. The zero-order valence-electron chi connectivity index (χ0n) is 10.3. The van der Waals surface area contributed by atoms with Gasteiger partial charge in [0.2, 0.25) is 0 Å². The van der Waals surface area contributed by atoms with Gasteiger partial charge in [-0.1, -0.05) is 13.8 Å². The Bertz CT molecular complexity index is 487. The number of fused-ring (bicyclic) bond motifs is 1. The molecule has 0 aliphatic carbocycles. The molecule has 86 valence electrons. The van der Waals surface area contributed by atoms with E-state index >= 15 is 0 Å². The van der Waals surface area contributed by atoms with Crippen molar-refractivity contribution in [1.29, 1.82) is 0 Å². The number of hydrogen-bond donors (Lipinski definition) is 1. The SMILES string of the molecule is Cc1[nH]nc2ccnc(N(C)CC(C)C)c12. The molecule has 2 aromatic heterocycles. The van der Waals surface area contributed by atoms with Crippen LogP contribution in [0.2, 0.25) is 0 Å². The van der Waals surface area contributed by atoms with Gasteiger partial charge in [-0.25, -0.2) is 4.98 Å². The highest BCUT2D eigenvalue weighted by Crippen LogP contribution is 2.25. The number of H-pyrrole nitrogens is 1. The molecule has 16 heavy (non-hydrogen) atoms. The standard InChI is InChI=1S/C12H18N4/c1-8(2)7-16(4)12-11-9(3)14-15-10(11)5-6-13-12/h5-6,8H,7H2,1-4H3,(H,14,15). The highest BCUT2D eigenvalue weighted by molar-refractivity contribution is 5.91. The maximum absolute atomic E-state index is 4.46. The Hall–Kier alpha value is -1.58. The van der Waals surface area contributed by atoms with Crippen LogP contribution >= 0.6 is 0 Å². The van der Waals surface area contributed by atoms with Crippen LogP contribution in [0.15, 0.2) is 12.3 Å². The van der Waals surface area contributed by atoms with Crippen molar-refractivity contribution < 1.29 is 0 Å². The minimum atomic E-state index is 0.620. The summed E-state index contributed by atoms with van der Waals surface area (Å²) in [7, 11) is 2.08. The normalized spacial score (nSPS) is 11.3. The molecule has 1 N–H and O–H groups in total. The first-order valence-electron chi connectivity index (χ1n) is 5.60. The van der Waals surface area contributed by atoms with Crippen LogP contribution in [0.4, 0.5) is 5.82 Å². The van der Waals surface area contributed by atoms with E-state index in [0.717, 1.165) is 29.0 Å². The number of aromatic amines is 1. The van der Waals surface area contributed by atoms with Crippen LogP contribution in [-0.2, 0) is 0 Å². The summed E-state index contributed by atoms with van der Waals surface area (Å²) in [4.78, 5) is 6.65. The van der Waals surface area contributed by atoms with Gasteiger partial charge in [0.15, 0.2) is 0 Å². The van der Waals surface area contributed by atoms with Crippen molar-refractivity contribution in [3.05, 3.63) is 18.0 Å². The Balaban J connectivity index is 2.47. The second-order valence-corrected chi connectivity index (χ2v) is 4.65. The van der Waals surface area contributed by atoms with E-state index in [4.69, 9.17) is 0 Å². The lowest BCUT2D eigenvalue weighted by Crippen LogP contribution is -2.23. The van der Waals surface area contributed by atoms with Crippen molar-refractivity contribution in [2.75, 3.05) is 18.5 Å². The first-order chi connectivity index (χ1) is 7.59. The van der Waals surface area contributed by atoms with E-state index in [9.17, 15) is 0 Å². The number of anilines is 1. The molecule has 2 heterocycles. The molecule has 0 saturated carbocycles. The molecule has 2 rings (SSSR count). The van der Waals surface area contributed by atoms with Crippen LogP contribution in [0.5, 0.6) is 0 Å². The second-order valence-electron chi connectivity index (χ2n) is 4.65. The monoisotopic (exact) mass is 218 g/mol. The molecule has 0 aliphatic heterocycles. The van der Waals surface area contributed by atoms with Crippen molar-refractivity contribution >= 4 is 16.7 Å². The molecule has 4 nitrogen and oxygen atoms in total. The molecule has 0 atom stereocenters. The summed E-state index contributed by atoms with van der Waals surface area (Å²) < 4.78 is 0. The molecule has 0 spiro atoms. The summed E-state index contributed by atoms with van der Waals surface area (Å²) >= 11 is 0. The number of nitrogens with zero attached hydrogens (tertiary/aromatic N) is 3. The number of aryl methyl sites for hydroxylation is 1. The Morgan fingerprint density at radius 1 is 1.44 bits per heavy atom. The van der Waals surface area contributed by atoms with Crippen LogP contribution in [0, 0.1) is 12.8 Å². The van der Waals surface area contributed by atoms with Gasteiger partial charge in [-0.3, -0.25) is 5.10 Å². The molecular weight excluding hydrogens is 200 g/mol. The second kappa shape index (κ2) is 4.12. The smallest absolute Gasteiger partial charge is 0.139 e. The average molecular weight is 218 g/mol. The predicted octanol–water partition coefficient (Wildman–Crippen LogP) is 2.36. The van der Waals surface area contributed by atoms with Crippen LogP contribution in [-0.4, -0.2) is 28.8 Å². The van der Waals surface area contributed by atoms with E-state index in [1.807, 2.05) is 19.2 Å². The van der Waals surface area contributed by atoms with Crippen molar-refractivity contribution in [3.8, 4) is 0 Å². The quantitative estimate of drug-likeness (QED) is 0.860. The minimum absolute atomic E-state index is 0.620. The minimum Gasteiger partial charge on any atom is -0.359 e. The lowest BCUT2D eigenvalue weighted by molar-refractivity contribution is 0.636. The highest BCUT2D eigenvalue weighted by atomic mass is 15.2. The molecule has 0 aromatic carbocycles. The van der Waals surface area contributed by atoms with E-state index in [1.165, 1.54) is 0 Å². The summed E-state index contributed by atoms with van der Waals surface area (Å²) in [5.41, 5.74) is 2.06. The van der Waals surface area contributed by atoms with Crippen molar-refractivity contribution in [2.45, 2.75) is 20.8 Å². The molecule has 0 unspecified atom stereocenters. The van der Waals surface area contributed by atoms with Gasteiger partial charge >= 0.3 is 0 Å². The van der Waals surface area contributed by atoms with Crippen LogP contribution in [0.3, 0.4) is 0 Å². The van der Waals surface area contributed by atoms with E-state index in [-0.39, 0.29) is 0 Å². The van der Waals surface area contributed by atoms with Gasteiger partial charge in [0, 0.05) is 25.5 Å². The molecule has 4 heteroatoms. The largest absolute Gasteiger partial charge is 0.359 e. The number of pyridine rings is 1. The Morgan fingerprint density at radius 2 is 2.19 bits per heavy atom. The van der Waals surface area contributed by atoms with Crippen LogP contribution < -0.4 is 4.90 Å². The first-order valence-corrected chi connectivity index (χ1v) is 5.60. The summed E-state index contributed by atoms with van der Waals surface area (Å²) in [5, 5.41) is 8.39. The number of aromatic nitrogens is 3. The predicted molar refractivity (Wildman–Crippen MR) is 66.7 cm³/mol. The summed E-state index contributed by atoms with van der Waals surface area (Å²) in [6.07, 6.45) is 1.81. The number of rotatable bonds is 3. The van der Waals surface area contributed by atoms with Gasteiger partial charge in [-0.2, -0.15) is 5.10 Å². The van der Waals surface area contributed by atoms with Crippen LogP contribution in [0.25, 0.3) is 10.9 Å². The third-order valence-corrected chi connectivity index (χ3v) is 2.63. The van der Waals surface area contributed by atoms with E-state index < -0.39 is 0 Å². The Kier molecular flexibility index (Phi) is 2.81.